The number of anilines is 1. The summed E-state index contributed by atoms with van der Waals surface area (Å²) in [6.07, 6.45) is 0. The predicted octanol–water partition coefficient (Wildman–Crippen LogP) is 3.30. The van der Waals surface area contributed by atoms with Gasteiger partial charge in [0.05, 0.1) is 10.5 Å². The van der Waals surface area contributed by atoms with Gasteiger partial charge in [0, 0.05) is 17.8 Å². The predicted molar refractivity (Wildman–Crippen MR) is 113 cm³/mol. The summed E-state index contributed by atoms with van der Waals surface area (Å²) >= 11 is 0. The normalized spacial score (nSPS) is 10.8. The summed E-state index contributed by atoms with van der Waals surface area (Å²) in [7, 11) is -4.35. The molecular weight excluding hydrogens is 459 g/mol. The SMILES string of the molecule is O=C(COC(=O)c1ccc(OS(=O)(=O)c2cccc([N+](=O)[O-])c2)cc1)Nc1ccc(F)cc1. The molecule has 0 aliphatic rings. The molecule has 1 amide bonds. The molecule has 0 atom stereocenters. The molecule has 0 aliphatic carbocycles. The van der Waals surface area contributed by atoms with E-state index in [4.69, 9.17) is 8.92 Å². The topological polar surface area (TPSA) is 142 Å². The number of rotatable bonds is 8. The maximum Gasteiger partial charge on any atom is 0.339 e. The van der Waals surface area contributed by atoms with Gasteiger partial charge in [0.25, 0.3) is 11.6 Å². The highest BCUT2D eigenvalue weighted by atomic mass is 32.2. The van der Waals surface area contributed by atoms with E-state index in [1.807, 2.05) is 0 Å². The van der Waals surface area contributed by atoms with Gasteiger partial charge < -0.3 is 14.2 Å². The highest BCUT2D eigenvalue weighted by Crippen LogP contribution is 2.22. The molecule has 0 radical (unpaired) electrons. The van der Waals surface area contributed by atoms with Crippen molar-refractivity contribution in [2.24, 2.45) is 0 Å². The number of hydrogen-bond acceptors (Lipinski definition) is 8. The van der Waals surface area contributed by atoms with Crippen molar-refractivity contribution in [3.8, 4) is 5.75 Å². The Balaban J connectivity index is 1.58. The lowest BCUT2D eigenvalue weighted by atomic mass is 10.2. The minimum absolute atomic E-state index is 0.0182. The molecule has 3 aromatic carbocycles. The summed E-state index contributed by atoms with van der Waals surface area (Å²) in [6, 6.07) is 14.2. The van der Waals surface area contributed by atoms with E-state index in [0.29, 0.717) is 5.69 Å². The number of nitrogens with zero attached hydrogens (tertiary/aromatic N) is 1. The Morgan fingerprint density at radius 1 is 1.00 bits per heavy atom. The number of benzene rings is 3. The minimum Gasteiger partial charge on any atom is -0.452 e. The first-order chi connectivity index (χ1) is 15.6. The summed E-state index contributed by atoms with van der Waals surface area (Å²) < 4.78 is 47.4. The number of ether oxygens (including phenoxy) is 1. The first kappa shape index (κ1) is 23.3. The molecule has 0 saturated heterocycles. The van der Waals surface area contributed by atoms with Gasteiger partial charge in [-0.2, -0.15) is 8.42 Å². The van der Waals surface area contributed by atoms with Crippen molar-refractivity contribution < 1.29 is 36.2 Å². The molecule has 12 heteroatoms. The van der Waals surface area contributed by atoms with Crippen molar-refractivity contribution in [1.29, 1.82) is 0 Å². The highest BCUT2D eigenvalue weighted by molar-refractivity contribution is 7.87. The third kappa shape index (κ3) is 6.33. The zero-order chi connectivity index (χ0) is 24.0. The number of esters is 1. The Hall–Kier alpha value is -4.32. The molecule has 0 fully saturated rings. The number of nitrogens with one attached hydrogen (secondary N) is 1. The van der Waals surface area contributed by atoms with E-state index < -0.39 is 49.9 Å². The van der Waals surface area contributed by atoms with E-state index in [2.05, 4.69) is 5.32 Å². The van der Waals surface area contributed by atoms with Crippen molar-refractivity contribution in [3.63, 3.8) is 0 Å². The van der Waals surface area contributed by atoms with E-state index in [1.54, 1.807) is 0 Å². The smallest absolute Gasteiger partial charge is 0.339 e. The third-order valence-electron chi connectivity index (χ3n) is 4.08. The number of non-ortho nitro benzene ring substituents is 1. The quantitative estimate of drug-likeness (QED) is 0.227. The summed E-state index contributed by atoms with van der Waals surface area (Å²) in [6.45, 7) is -0.602. The average molecular weight is 474 g/mol. The van der Waals surface area contributed by atoms with Gasteiger partial charge >= 0.3 is 16.1 Å². The van der Waals surface area contributed by atoms with Crippen molar-refractivity contribution in [2.75, 3.05) is 11.9 Å². The minimum atomic E-state index is -4.35. The number of halogens is 1. The highest BCUT2D eigenvalue weighted by Gasteiger charge is 2.20. The van der Waals surface area contributed by atoms with Gasteiger partial charge in [-0.3, -0.25) is 14.9 Å². The van der Waals surface area contributed by atoms with Crippen molar-refractivity contribution in [2.45, 2.75) is 4.90 Å². The summed E-state index contributed by atoms with van der Waals surface area (Å²) in [5, 5.41) is 13.3. The Labute approximate surface area is 186 Å². The lowest BCUT2D eigenvalue weighted by Gasteiger charge is -2.08. The van der Waals surface area contributed by atoms with E-state index in [-0.39, 0.29) is 11.3 Å². The molecule has 0 bridgehead atoms. The van der Waals surface area contributed by atoms with Gasteiger partial charge in [-0.05, 0) is 54.6 Å². The Morgan fingerprint density at radius 3 is 2.30 bits per heavy atom. The second kappa shape index (κ2) is 9.87. The van der Waals surface area contributed by atoms with Gasteiger partial charge in [0.2, 0.25) is 0 Å². The maximum atomic E-state index is 12.9. The zero-order valence-electron chi connectivity index (χ0n) is 16.6. The molecule has 3 rings (SSSR count). The molecule has 0 unspecified atom stereocenters. The molecule has 0 heterocycles. The van der Waals surface area contributed by atoms with Gasteiger partial charge in [0.1, 0.15) is 16.5 Å². The van der Waals surface area contributed by atoms with Gasteiger partial charge in [-0.15, -0.1) is 0 Å². The van der Waals surface area contributed by atoms with Crippen LogP contribution in [0.2, 0.25) is 0 Å². The standard InChI is InChI=1S/C21H15FN2O8S/c22-15-6-8-16(9-7-15)23-20(25)13-31-21(26)14-4-10-18(11-5-14)32-33(29,30)19-3-1-2-17(12-19)24(27)28/h1-12H,13H2,(H,23,25). The van der Waals surface area contributed by atoms with Crippen LogP contribution in [0.5, 0.6) is 5.75 Å². The van der Waals surface area contributed by atoms with Crippen LogP contribution in [0.15, 0.2) is 77.7 Å². The van der Waals surface area contributed by atoms with Crippen LogP contribution in [0.3, 0.4) is 0 Å². The van der Waals surface area contributed by atoms with Crippen LogP contribution in [0.1, 0.15) is 10.4 Å². The molecule has 10 nitrogen and oxygen atoms in total. The Morgan fingerprint density at radius 2 is 1.67 bits per heavy atom. The van der Waals surface area contributed by atoms with E-state index in [1.165, 1.54) is 42.5 Å². The monoisotopic (exact) mass is 474 g/mol. The first-order valence-corrected chi connectivity index (χ1v) is 10.6. The van der Waals surface area contributed by atoms with Crippen molar-refractivity contribution in [1.82, 2.24) is 0 Å². The van der Waals surface area contributed by atoms with Gasteiger partial charge in [0.15, 0.2) is 6.61 Å². The van der Waals surface area contributed by atoms with Crippen LogP contribution in [-0.4, -0.2) is 31.8 Å². The number of carbonyl (C=O) groups excluding carboxylic acids is 2. The zero-order valence-corrected chi connectivity index (χ0v) is 17.5. The molecule has 0 aromatic heterocycles. The van der Waals surface area contributed by atoms with Crippen LogP contribution in [0.4, 0.5) is 15.8 Å². The van der Waals surface area contributed by atoms with E-state index in [0.717, 1.165) is 30.3 Å². The fourth-order valence-corrected chi connectivity index (χ4v) is 3.49. The lowest BCUT2D eigenvalue weighted by Crippen LogP contribution is -2.20. The van der Waals surface area contributed by atoms with Crippen LogP contribution in [0, 0.1) is 15.9 Å². The maximum absolute atomic E-state index is 12.9. The van der Waals surface area contributed by atoms with Crippen LogP contribution in [0.25, 0.3) is 0 Å². The van der Waals surface area contributed by atoms with Gasteiger partial charge in [-0.25, -0.2) is 9.18 Å². The molecule has 33 heavy (non-hydrogen) atoms. The van der Waals surface area contributed by atoms with Crippen LogP contribution >= 0.6 is 0 Å². The van der Waals surface area contributed by atoms with Crippen LogP contribution < -0.4 is 9.50 Å². The number of nitro groups is 1. The average Bonchev–Trinajstić information content (AvgIpc) is 2.79. The summed E-state index contributed by atoms with van der Waals surface area (Å²) in [5.74, 6) is -2.10. The van der Waals surface area contributed by atoms with E-state index >= 15 is 0 Å². The molecule has 1 N–H and O–H groups in total. The molecule has 0 saturated carbocycles. The Bertz CT molecular complexity index is 1290. The fourth-order valence-electron chi connectivity index (χ4n) is 2.52. The molecule has 0 spiro atoms. The third-order valence-corrected chi connectivity index (χ3v) is 5.32. The molecular formula is C21H15FN2O8S. The van der Waals surface area contributed by atoms with Gasteiger partial charge in [-0.1, -0.05) is 6.07 Å². The van der Waals surface area contributed by atoms with Crippen LogP contribution in [-0.2, 0) is 19.6 Å². The number of hydrogen-bond donors (Lipinski definition) is 1. The van der Waals surface area contributed by atoms with Crippen molar-refractivity contribution in [3.05, 3.63) is 94.3 Å². The van der Waals surface area contributed by atoms with Crippen molar-refractivity contribution >= 4 is 33.4 Å². The number of carbonyl (C=O) groups is 2. The summed E-state index contributed by atoms with van der Waals surface area (Å²) in [4.78, 5) is 33.6. The second-order valence-corrected chi connectivity index (χ2v) is 7.99. The summed E-state index contributed by atoms with van der Waals surface area (Å²) in [5.41, 5.74) is -0.0742. The number of amides is 1. The first-order valence-electron chi connectivity index (χ1n) is 9.15. The second-order valence-electron chi connectivity index (χ2n) is 6.45. The Kier molecular flexibility index (Phi) is 6.98. The largest absolute Gasteiger partial charge is 0.452 e. The lowest BCUT2D eigenvalue weighted by molar-refractivity contribution is -0.385. The molecule has 170 valence electrons. The molecule has 3 aromatic rings. The molecule has 0 aliphatic heterocycles. The fraction of sp³-hybridized carbons (Fsp3) is 0.0476. The van der Waals surface area contributed by atoms with E-state index in [9.17, 15) is 32.5 Å². The number of nitro benzene ring substituents is 1.